The van der Waals surface area contributed by atoms with Gasteiger partial charge in [-0.05, 0) is 31.7 Å². The molecule has 82 valence electrons. The van der Waals surface area contributed by atoms with E-state index in [0.717, 1.165) is 25.3 Å². The monoisotopic (exact) mass is 195 g/mol. The molecule has 0 aliphatic heterocycles. The van der Waals surface area contributed by atoms with Crippen LogP contribution in [0.5, 0.6) is 0 Å². The maximum atomic E-state index is 5.29. The Labute approximate surface area is 89.7 Å². The minimum absolute atomic E-state index is 0.626. The van der Waals surface area contributed by atoms with Crippen LogP contribution in [-0.4, -0.2) is 12.6 Å². The number of terminal acetylenes is 1. The number of rotatable bonds is 8. The fraction of sp³-hybridized carbons (Fsp3) is 0.846. The van der Waals surface area contributed by atoms with E-state index < -0.39 is 0 Å². The van der Waals surface area contributed by atoms with Gasteiger partial charge in [-0.15, -0.1) is 12.3 Å². The van der Waals surface area contributed by atoms with Gasteiger partial charge in [0.05, 0.1) is 0 Å². The summed E-state index contributed by atoms with van der Waals surface area (Å²) in [7, 11) is 0. The Morgan fingerprint density at radius 2 is 2.07 bits per heavy atom. The molecule has 0 aromatic rings. The summed E-state index contributed by atoms with van der Waals surface area (Å²) in [5.41, 5.74) is 0. The van der Waals surface area contributed by atoms with Gasteiger partial charge in [-0.1, -0.05) is 27.2 Å². The topological polar surface area (TPSA) is 12.0 Å². The van der Waals surface area contributed by atoms with Crippen LogP contribution in [0.15, 0.2) is 0 Å². The summed E-state index contributed by atoms with van der Waals surface area (Å²) in [6.45, 7) is 7.89. The van der Waals surface area contributed by atoms with Crippen molar-refractivity contribution in [1.82, 2.24) is 5.32 Å². The molecular weight excluding hydrogens is 170 g/mol. The molecule has 0 spiro atoms. The van der Waals surface area contributed by atoms with E-state index in [4.69, 9.17) is 6.42 Å². The molecule has 0 saturated heterocycles. The van der Waals surface area contributed by atoms with Gasteiger partial charge in [0.15, 0.2) is 0 Å². The smallest absolute Gasteiger partial charge is 0.0101 e. The zero-order valence-electron chi connectivity index (χ0n) is 9.97. The van der Waals surface area contributed by atoms with E-state index in [1.165, 1.54) is 19.3 Å². The predicted octanol–water partition coefficient (Wildman–Crippen LogP) is 3.20. The van der Waals surface area contributed by atoms with Crippen LogP contribution in [0.4, 0.5) is 0 Å². The van der Waals surface area contributed by atoms with Crippen molar-refractivity contribution >= 4 is 0 Å². The number of nitrogens with one attached hydrogen (secondary N) is 1. The Bertz CT molecular complexity index is 157. The molecular formula is C13H25N. The minimum atomic E-state index is 0.626. The minimum Gasteiger partial charge on any atom is -0.314 e. The van der Waals surface area contributed by atoms with E-state index in [-0.39, 0.29) is 0 Å². The third-order valence-electron chi connectivity index (χ3n) is 2.70. The first kappa shape index (κ1) is 13.5. The van der Waals surface area contributed by atoms with Gasteiger partial charge >= 0.3 is 0 Å². The van der Waals surface area contributed by atoms with E-state index in [0.29, 0.717) is 6.04 Å². The number of hydrogen-bond donors (Lipinski definition) is 1. The Balaban J connectivity index is 3.78. The van der Waals surface area contributed by atoms with Crippen LogP contribution < -0.4 is 5.32 Å². The molecule has 0 aliphatic carbocycles. The summed E-state index contributed by atoms with van der Waals surface area (Å²) in [6.07, 6.45) is 11.0. The lowest BCUT2D eigenvalue weighted by Crippen LogP contribution is -2.31. The molecule has 0 bridgehead atoms. The molecule has 1 N–H and O–H groups in total. The lowest BCUT2D eigenvalue weighted by atomic mass is 9.96. The zero-order chi connectivity index (χ0) is 10.8. The van der Waals surface area contributed by atoms with Gasteiger partial charge in [0.1, 0.15) is 0 Å². The maximum absolute atomic E-state index is 5.29. The standard InChI is InChI=1S/C13H25N/c1-5-8-9-13(14-10-6-2)11-12(4)7-3/h1,12-14H,6-11H2,2-4H3. The number of hydrogen-bond acceptors (Lipinski definition) is 1. The molecule has 0 radical (unpaired) electrons. The molecule has 0 amide bonds. The van der Waals surface area contributed by atoms with E-state index >= 15 is 0 Å². The van der Waals surface area contributed by atoms with Gasteiger partial charge in [-0.2, -0.15) is 0 Å². The molecule has 0 saturated carbocycles. The maximum Gasteiger partial charge on any atom is 0.0101 e. The molecule has 14 heavy (non-hydrogen) atoms. The van der Waals surface area contributed by atoms with Crippen LogP contribution in [0.1, 0.15) is 52.9 Å². The average Bonchev–Trinajstić information content (AvgIpc) is 2.21. The van der Waals surface area contributed by atoms with Crippen molar-refractivity contribution in [1.29, 1.82) is 0 Å². The van der Waals surface area contributed by atoms with E-state index in [2.05, 4.69) is 32.0 Å². The fourth-order valence-corrected chi connectivity index (χ4v) is 1.56. The van der Waals surface area contributed by atoms with E-state index in [1.807, 2.05) is 0 Å². The summed E-state index contributed by atoms with van der Waals surface area (Å²) in [5, 5.41) is 3.57. The Hall–Kier alpha value is -0.480. The van der Waals surface area contributed by atoms with Gasteiger partial charge in [0.25, 0.3) is 0 Å². The lowest BCUT2D eigenvalue weighted by Gasteiger charge is -2.20. The molecule has 1 nitrogen and oxygen atoms in total. The quantitative estimate of drug-likeness (QED) is 0.586. The highest BCUT2D eigenvalue weighted by Crippen LogP contribution is 2.13. The SMILES string of the molecule is C#CCCC(CC(C)CC)NCCC. The molecule has 0 rings (SSSR count). The van der Waals surface area contributed by atoms with Gasteiger partial charge in [0, 0.05) is 12.5 Å². The van der Waals surface area contributed by atoms with Crippen molar-refractivity contribution < 1.29 is 0 Å². The molecule has 0 heterocycles. The third kappa shape index (κ3) is 6.97. The van der Waals surface area contributed by atoms with Crippen molar-refractivity contribution in [2.45, 2.75) is 58.9 Å². The summed E-state index contributed by atoms with van der Waals surface area (Å²) in [5.74, 6) is 3.53. The Morgan fingerprint density at radius 1 is 1.36 bits per heavy atom. The molecule has 0 fully saturated rings. The average molecular weight is 195 g/mol. The Morgan fingerprint density at radius 3 is 2.57 bits per heavy atom. The molecule has 0 aromatic heterocycles. The van der Waals surface area contributed by atoms with E-state index in [1.54, 1.807) is 0 Å². The highest BCUT2D eigenvalue weighted by Gasteiger charge is 2.10. The first-order chi connectivity index (χ1) is 6.74. The highest BCUT2D eigenvalue weighted by atomic mass is 14.9. The fourth-order valence-electron chi connectivity index (χ4n) is 1.56. The van der Waals surface area contributed by atoms with Crippen LogP contribution in [-0.2, 0) is 0 Å². The van der Waals surface area contributed by atoms with E-state index in [9.17, 15) is 0 Å². The summed E-state index contributed by atoms with van der Waals surface area (Å²) in [4.78, 5) is 0. The molecule has 2 atom stereocenters. The largest absolute Gasteiger partial charge is 0.314 e. The van der Waals surface area contributed by atoms with Gasteiger partial charge < -0.3 is 5.32 Å². The summed E-state index contributed by atoms with van der Waals surface area (Å²) in [6, 6.07) is 0.626. The van der Waals surface area contributed by atoms with Crippen molar-refractivity contribution in [3.8, 4) is 12.3 Å². The second kappa shape index (κ2) is 9.09. The lowest BCUT2D eigenvalue weighted by molar-refractivity contribution is 0.380. The van der Waals surface area contributed by atoms with Gasteiger partial charge in [-0.3, -0.25) is 0 Å². The van der Waals surface area contributed by atoms with Crippen LogP contribution >= 0.6 is 0 Å². The molecule has 0 aliphatic rings. The van der Waals surface area contributed by atoms with Crippen molar-refractivity contribution in [2.24, 2.45) is 5.92 Å². The molecule has 0 aromatic carbocycles. The summed E-state index contributed by atoms with van der Waals surface area (Å²) >= 11 is 0. The second-order valence-electron chi connectivity index (χ2n) is 4.14. The predicted molar refractivity (Wildman–Crippen MR) is 64.2 cm³/mol. The third-order valence-corrected chi connectivity index (χ3v) is 2.70. The van der Waals surface area contributed by atoms with Crippen LogP contribution in [0, 0.1) is 18.3 Å². The van der Waals surface area contributed by atoms with Crippen molar-refractivity contribution in [3.63, 3.8) is 0 Å². The summed E-state index contributed by atoms with van der Waals surface area (Å²) < 4.78 is 0. The second-order valence-corrected chi connectivity index (χ2v) is 4.14. The normalized spacial score (nSPS) is 14.7. The van der Waals surface area contributed by atoms with Crippen molar-refractivity contribution in [3.05, 3.63) is 0 Å². The first-order valence-corrected chi connectivity index (χ1v) is 5.91. The van der Waals surface area contributed by atoms with Crippen LogP contribution in [0.25, 0.3) is 0 Å². The van der Waals surface area contributed by atoms with Crippen molar-refractivity contribution in [2.75, 3.05) is 6.54 Å². The molecule has 2 unspecified atom stereocenters. The highest BCUT2D eigenvalue weighted by molar-refractivity contribution is 4.86. The van der Waals surface area contributed by atoms with Crippen LogP contribution in [0.2, 0.25) is 0 Å². The van der Waals surface area contributed by atoms with Gasteiger partial charge in [0.2, 0.25) is 0 Å². The van der Waals surface area contributed by atoms with Crippen LogP contribution in [0.3, 0.4) is 0 Å². The molecule has 1 heteroatoms. The Kier molecular flexibility index (Phi) is 8.78. The first-order valence-electron chi connectivity index (χ1n) is 5.91. The zero-order valence-corrected chi connectivity index (χ0v) is 9.97. The van der Waals surface area contributed by atoms with Gasteiger partial charge in [-0.25, -0.2) is 0 Å².